The first-order chi connectivity index (χ1) is 10.7. The first kappa shape index (κ1) is 14.5. The molecule has 0 spiro atoms. The molecule has 0 amide bonds. The van der Waals surface area contributed by atoms with E-state index in [1.165, 1.54) is 23.4 Å². The van der Waals surface area contributed by atoms with Crippen molar-refractivity contribution in [3.63, 3.8) is 0 Å². The molecule has 22 heavy (non-hydrogen) atoms. The van der Waals surface area contributed by atoms with Gasteiger partial charge in [0.1, 0.15) is 5.82 Å². The molecule has 0 radical (unpaired) electrons. The number of anilines is 2. The first-order valence-electron chi connectivity index (χ1n) is 6.79. The van der Waals surface area contributed by atoms with Crippen LogP contribution < -0.4 is 5.32 Å². The Morgan fingerprint density at radius 1 is 0.955 bits per heavy atom. The first-order valence-corrected chi connectivity index (χ1v) is 7.61. The summed E-state index contributed by atoms with van der Waals surface area (Å²) in [6.07, 6.45) is 3.23. The van der Waals surface area contributed by atoms with Gasteiger partial charge in [-0.3, -0.25) is 0 Å². The fourth-order valence-corrected chi connectivity index (χ4v) is 2.84. The standard InChI is InChI=1S/C17H14FN3S/c1-12-6-8-13(9-7-12)22-15-5-2-4-14(18)16(15)21-17-19-10-3-11-20-17/h2-11H,1H3,(H,19,20,21). The highest BCUT2D eigenvalue weighted by Crippen LogP contribution is 2.36. The van der Waals surface area contributed by atoms with Crippen LogP contribution in [0.3, 0.4) is 0 Å². The molecule has 0 aliphatic carbocycles. The van der Waals surface area contributed by atoms with E-state index in [1.807, 2.05) is 37.3 Å². The van der Waals surface area contributed by atoms with Crippen molar-refractivity contribution in [2.75, 3.05) is 5.32 Å². The third-order valence-electron chi connectivity index (χ3n) is 3.03. The minimum atomic E-state index is -0.329. The summed E-state index contributed by atoms with van der Waals surface area (Å²) in [6, 6.07) is 14.8. The normalized spacial score (nSPS) is 10.5. The van der Waals surface area contributed by atoms with Gasteiger partial charge in [0.15, 0.2) is 0 Å². The highest BCUT2D eigenvalue weighted by molar-refractivity contribution is 7.99. The molecule has 5 heteroatoms. The monoisotopic (exact) mass is 311 g/mol. The van der Waals surface area contributed by atoms with E-state index in [0.717, 1.165) is 9.79 Å². The molecule has 2 aromatic carbocycles. The quantitative estimate of drug-likeness (QED) is 0.749. The van der Waals surface area contributed by atoms with Crippen LogP contribution in [0.2, 0.25) is 0 Å². The highest BCUT2D eigenvalue weighted by atomic mass is 32.2. The Morgan fingerprint density at radius 3 is 2.41 bits per heavy atom. The lowest BCUT2D eigenvalue weighted by molar-refractivity contribution is 0.628. The smallest absolute Gasteiger partial charge is 0.227 e. The van der Waals surface area contributed by atoms with Gasteiger partial charge in [0.25, 0.3) is 0 Å². The summed E-state index contributed by atoms with van der Waals surface area (Å²) >= 11 is 1.50. The highest BCUT2D eigenvalue weighted by Gasteiger charge is 2.11. The Hall–Kier alpha value is -2.40. The van der Waals surface area contributed by atoms with Crippen molar-refractivity contribution in [1.29, 1.82) is 0 Å². The number of nitrogens with one attached hydrogen (secondary N) is 1. The average Bonchev–Trinajstić information content (AvgIpc) is 2.54. The van der Waals surface area contributed by atoms with Crippen LogP contribution in [0.25, 0.3) is 0 Å². The summed E-state index contributed by atoms with van der Waals surface area (Å²) in [5, 5.41) is 2.95. The molecule has 0 saturated carbocycles. The third-order valence-corrected chi connectivity index (χ3v) is 4.09. The van der Waals surface area contributed by atoms with E-state index < -0.39 is 0 Å². The molecular weight excluding hydrogens is 297 g/mol. The zero-order chi connectivity index (χ0) is 15.4. The molecule has 1 N–H and O–H groups in total. The van der Waals surface area contributed by atoms with Crippen LogP contribution in [0, 0.1) is 12.7 Å². The molecule has 3 rings (SSSR count). The van der Waals surface area contributed by atoms with Gasteiger partial charge in [0.2, 0.25) is 5.95 Å². The predicted octanol–water partition coefficient (Wildman–Crippen LogP) is 4.82. The lowest BCUT2D eigenvalue weighted by Crippen LogP contribution is -1.99. The largest absolute Gasteiger partial charge is 0.321 e. The molecule has 1 aromatic heterocycles. The molecule has 0 aliphatic heterocycles. The number of hydrogen-bond donors (Lipinski definition) is 1. The number of nitrogens with zero attached hydrogens (tertiary/aromatic N) is 2. The van der Waals surface area contributed by atoms with Crippen LogP contribution in [0.4, 0.5) is 16.0 Å². The maximum Gasteiger partial charge on any atom is 0.227 e. The van der Waals surface area contributed by atoms with E-state index in [4.69, 9.17) is 0 Å². The van der Waals surface area contributed by atoms with Gasteiger partial charge in [-0.05, 0) is 37.3 Å². The van der Waals surface area contributed by atoms with Gasteiger partial charge in [-0.2, -0.15) is 0 Å². The topological polar surface area (TPSA) is 37.8 Å². The van der Waals surface area contributed by atoms with Gasteiger partial charge in [-0.1, -0.05) is 35.5 Å². The van der Waals surface area contributed by atoms with Crippen LogP contribution in [-0.4, -0.2) is 9.97 Å². The second kappa shape index (κ2) is 6.58. The van der Waals surface area contributed by atoms with Crippen LogP contribution in [0.1, 0.15) is 5.56 Å². The molecule has 0 fully saturated rings. The summed E-state index contributed by atoms with van der Waals surface area (Å²) in [6.45, 7) is 2.04. The third kappa shape index (κ3) is 3.43. The average molecular weight is 311 g/mol. The van der Waals surface area contributed by atoms with E-state index in [0.29, 0.717) is 11.6 Å². The van der Waals surface area contributed by atoms with E-state index in [2.05, 4.69) is 15.3 Å². The van der Waals surface area contributed by atoms with Crippen molar-refractivity contribution in [3.8, 4) is 0 Å². The van der Waals surface area contributed by atoms with Crippen molar-refractivity contribution in [3.05, 3.63) is 72.3 Å². The molecule has 0 unspecified atom stereocenters. The van der Waals surface area contributed by atoms with Crippen LogP contribution >= 0.6 is 11.8 Å². The summed E-state index contributed by atoms with van der Waals surface area (Å²) < 4.78 is 14.2. The van der Waals surface area contributed by atoms with E-state index in [9.17, 15) is 4.39 Å². The molecule has 110 valence electrons. The summed E-state index contributed by atoms with van der Waals surface area (Å²) in [5.74, 6) is 0.0444. The van der Waals surface area contributed by atoms with E-state index in [1.54, 1.807) is 24.5 Å². The van der Waals surface area contributed by atoms with Gasteiger partial charge < -0.3 is 5.32 Å². The number of benzene rings is 2. The second-order valence-corrected chi connectivity index (χ2v) is 5.84. The Balaban J connectivity index is 1.91. The number of hydrogen-bond acceptors (Lipinski definition) is 4. The zero-order valence-corrected chi connectivity index (χ0v) is 12.8. The van der Waals surface area contributed by atoms with Gasteiger partial charge in [-0.25, -0.2) is 14.4 Å². The van der Waals surface area contributed by atoms with Gasteiger partial charge in [0, 0.05) is 22.2 Å². The van der Waals surface area contributed by atoms with Crippen molar-refractivity contribution in [2.45, 2.75) is 16.7 Å². The number of aromatic nitrogens is 2. The summed E-state index contributed by atoms with van der Waals surface area (Å²) in [5.41, 5.74) is 1.58. The zero-order valence-electron chi connectivity index (χ0n) is 12.0. The van der Waals surface area contributed by atoms with Crippen molar-refractivity contribution in [2.24, 2.45) is 0 Å². The van der Waals surface area contributed by atoms with Crippen LogP contribution in [-0.2, 0) is 0 Å². The molecule has 3 aromatic rings. The number of para-hydroxylation sites is 1. The van der Waals surface area contributed by atoms with E-state index >= 15 is 0 Å². The molecule has 0 bridgehead atoms. The SMILES string of the molecule is Cc1ccc(Sc2cccc(F)c2Nc2ncccn2)cc1. The minimum Gasteiger partial charge on any atom is -0.321 e. The predicted molar refractivity (Wildman–Crippen MR) is 87.0 cm³/mol. The molecule has 3 nitrogen and oxygen atoms in total. The number of halogens is 1. The number of aryl methyl sites for hydroxylation is 1. The fourth-order valence-electron chi connectivity index (χ4n) is 1.92. The Morgan fingerprint density at radius 2 is 1.68 bits per heavy atom. The molecular formula is C17H14FN3S. The Bertz CT molecular complexity index is 761. The van der Waals surface area contributed by atoms with Crippen LogP contribution in [0.15, 0.2) is 70.7 Å². The second-order valence-electron chi connectivity index (χ2n) is 4.73. The fraction of sp³-hybridized carbons (Fsp3) is 0.0588. The van der Waals surface area contributed by atoms with Gasteiger partial charge >= 0.3 is 0 Å². The summed E-state index contributed by atoms with van der Waals surface area (Å²) in [7, 11) is 0. The van der Waals surface area contributed by atoms with Crippen molar-refractivity contribution < 1.29 is 4.39 Å². The van der Waals surface area contributed by atoms with Gasteiger partial charge in [-0.15, -0.1) is 0 Å². The molecule has 1 heterocycles. The molecule has 0 aliphatic rings. The minimum absolute atomic E-state index is 0.329. The lowest BCUT2D eigenvalue weighted by atomic mass is 10.2. The van der Waals surface area contributed by atoms with Crippen molar-refractivity contribution in [1.82, 2.24) is 9.97 Å². The maximum absolute atomic E-state index is 14.2. The molecule has 0 atom stereocenters. The molecule has 0 saturated heterocycles. The van der Waals surface area contributed by atoms with Crippen molar-refractivity contribution >= 4 is 23.4 Å². The maximum atomic E-state index is 14.2. The van der Waals surface area contributed by atoms with E-state index in [-0.39, 0.29) is 5.82 Å². The Labute approximate surface area is 132 Å². The van der Waals surface area contributed by atoms with Crippen LogP contribution in [0.5, 0.6) is 0 Å². The lowest BCUT2D eigenvalue weighted by Gasteiger charge is -2.11. The number of rotatable bonds is 4. The summed E-state index contributed by atoms with van der Waals surface area (Å²) in [4.78, 5) is 9.99. The Kier molecular flexibility index (Phi) is 4.34. The van der Waals surface area contributed by atoms with Gasteiger partial charge in [0.05, 0.1) is 5.69 Å².